The lowest BCUT2D eigenvalue weighted by Gasteiger charge is -2.27. The highest BCUT2D eigenvalue weighted by molar-refractivity contribution is 7.14. The molecule has 0 saturated carbocycles. The van der Waals surface area contributed by atoms with E-state index in [0.29, 0.717) is 24.6 Å². The zero-order chi connectivity index (χ0) is 24.4. The van der Waals surface area contributed by atoms with Gasteiger partial charge in [-0.15, -0.1) is 10.2 Å². The molecule has 2 aromatic heterocycles. The number of benzene rings is 1. The zero-order valence-electron chi connectivity index (χ0n) is 18.7. The van der Waals surface area contributed by atoms with Crippen molar-refractivity contribution in [3.8, 4) is 16.3 Å². The Morgan fingerprint density at radius 2 is 1.94 bits per heavy atom. The number of rotatable bonds is 3. The van der Waals surface area contributed by atoms with Gasteiger partial charge in [0.15, 0.2) is 16.5 Å². The van der Waals surface area contributed by atoms with E-state index in [1.54, 1.807) is 19.1 Å². The molecule has 34 heavy (non-hydrogen) atoms. The Morgan fingerprint density at radius 3 is 2.71 bits per heavy atom. The fourth-order valence-corrected chi connectivity index (χ4v) is 4.54. The SMILES string of the molecule is CN1CCCNCCN(C)n2cc(-c3nnc(Cc4ccc(F)cc4F)s3)c(=O)c(O)c2C1=O. The highest BCUT2D eigenvalue weighted by Crippen LogP contribution is 2.27. The number of fused-ring (bicyclic) bond motifs is 1. The third-order valence-corrected chi connectivity index (χ3v) is 6.55. The Morgan fingerprint density at radius 1 is 1.15 bits per heavy atom. The number of nitrogens with one attached hydrogen (secondary N) is 1. The summed E-state index contributed by atoms with van der Waals surface area (Å²) < 4.78 is 28.7. The first kappa shape index (κ1) is 23.8. The second-order valence-corrected chi connectivity index (χ2v) is 9.10. The van der Waals surface area contributed by atoms with Gasteiger partial charge >= 0.3 is 0 Å². The number of halogens is 2. The number of amides is 1. The number of aromatic hydroxyl groups is 1. The summed E-state index contributed by atoms with van der Waals surface area (Å²) in [5.41, 5.74) is -0.565. The van der Waals surface area contributed by atoms with Crippen molar-refractivity contribution in [3.05, 3.63) is 62.5 Å². The summed E-state index contributed by atoms with van der Waals surface area (Å²) >= 11 is 1.06. The molecule has 0 atom stereocenters. The van der Waals surface area contributed by atoms with Gasteiger partial charge in [0.05, 0.1) is 5.56 Å². The summed E-state index contributed by atoms with van der Waals surface area (Å²) in [5, 5.41) is 24.5. The molecular weight excluding hydrogens is 466 g/mol. The number of pyridine rings is 1. The van der Waals surface area contributed by atoms with E-state index in [1.165, 1.54) is 21.8 Å². The monoisotopic (exact) mass is 490 g/mol. The highest BCUT2D eigenvalue weighted by atomic mass is 32.1. The molecule has 1 aromatic carbocycles. The van der Waals surface area contributed by atoms with Crippen molar-refractivity contribution in [3.63, 3.8) is 0 Å². The van der Waals surface area contributed by atoms with Gasteiger partial charge in [-0.3, -0.25) is 14.3 Å². The van der Waals surface area contributed by atoms with Crippen LogP contribution in [-0.2, 0) is 6.42 Å². The Kier molecular flexibility index (Phi) is 6.89. The Balaban J connectivity index is 1.74. The normalized spacial score (nSPS) is 15.2. The molecule has 1 aliphatic heterocycles. The average molecular weight is 491 g/mol. The number of carbonyl (C=O) groups excluding carboxylic acids is 1. The van der Waals surface area contributed by atoms with Gasteiger partial charge in [-0.05, 0) is 24.6 Å². The van der Waals surface area contributed by atoms with Crippen molar-refractivity contribution >= 4 is 17.2 Å². The van der Waals surface area contributed by atoms with E-state index in [1.807, 2.05) is 0 Å². The van der Waals surface area contributed by atoms with Crippen molar-refractivity contribution in [1.82, 2.24) is 25.1 Å². The van der Waals surface area contributed by atoms with Gasteiger partial charge in [0.1, 0.15) is 16.6 Å². The quantitative estimate of drug-likeness (QED) is 0.575. The minimum absolute atomic E-state index is 0.0645. The standard InChI is InChI=1S/C22H24F2N6O3S/c1-28-8-3-6-25-7-9-29(2)30-12-15(19(31)20(32)18(30)22(28)33)21-27-26-17(34-21)10-13-4-5-14(23)11-16(13)24/h4-5,11-12,25,32H,3,6-10H2,1-2H3. The smallest absolute Gasteiger partial charge is 0.276 e. The van der Waals surface area contributed by atoms with E-state index in [4.69, 9.17) is 0 Å². The average Bonchev–Trinajstić information content (AvgIpc) is 3.26. The lowest BCUT2D eigenvalue weighted by atomic mass is 10.1. The Hall–Kier alpha value is -3.38. The number of hydrogen-bond donors (Lipinski definition) is 2. The summed E-state index contributed by atoms with van der Waals surface area (Å²) in [6.07, 6.45) is 2.26. The predicted octanol–water partition coefficient (Wildman–Crippen LogP) is 1.57. The first-order chi connectivity index (χ1) is 16.3. The molecule has 3 aromatic rings. The molecule has 9 nitrogen and oxygen atoms in total. The molecule has 1 amide bonds. The van der Waals surface area contributed by atoms with Crippen molar-refractivity contribution in [1.29, 1.82) is 0 Å². The van der Waals surface area contributed by atoms with E-state index < -0.39 is 28.7 Å². The molecule has 0 aliphatic carbocycles. The minimum atomic E-state index is -0.745. The zero-order valence-corrected chi connectivity index (χ0v) is 19.5. The minimum Gasteiger partial charge on any atom is -0.502 e. The van der Waals surface area contributed by atoms with Crippen LogP contribution in [0.2, 0.25) is 0 Å². The van der Waals surface area contributed by atoms with E-state index in [0.717, 1.165) is 36.4 Å². The number of carbonyl (C=O) groups is 1. The first-order valence-corrected chi connectivity index (χ1v) is 11.5. The number of nitrogens with zero attached hydrogens (tertiary/aromatic N) is 5. The van der Waals surface area contributed by atoms with Gasteiger partial charge in [0, 0.05) is 52.4 Å². The highest BCUT2D eigenvalue weighted by Gasteiger charge is 2.27. The molecule has 0 bridgehead atoms. The molecule has 4 rings (SSSR count). The van der Waals surface area contributed by atoms with Crippen LogP contribution in [0.3, 0.4) is 0 Å². The van der Waals surface area contributed by atoms with E-state index in [-0.39, 0.29) is 28.2 Å². The fourth-order valence-electron chi connectivity index (χ4n) is 3.67. The Labute approximate surface area is 198 Å². The van der Waals surface area contributed by atoms with Crippen LogP contribution in [0.4, 0.5) is 8.78 Å². The van der Waals surface area contributed by atoms with Crippen LogP contribution in [-0.4, -0.2) is 71.1 Å². The summed E-state index contributed by atoms with van der Waals surface area (Å²) in [4.78, 5) is 27.6. The molecule has 0 spiro atoms. The maximum atomic E-state index is 14.0. The van der Waals surface area contributed by atoms with Crippen LogP contribution in [0.25, 0.3) is 10.6 Å². The van der Waals surface area contributed by atoms with Crippen LogP contribution in [0, 0.1) is 11.6 Å². The van der Waals surface area contributed by atoms with Crippen molar-refractivity contribution < 1.29 is 18.7 Å². The maximum absolute atomic E-state index is 14.0. The van der Waals surface area contributed by atoms with Gasteiger partial charge in [-0.1, -0.05) is 17.4 Å². The number of aromatic nitrogens is 3. The fraction of sp³-hybridized carbons (Fsp3) is 0.364. The molecule has 0 unspecified atom stereocenters. The van der Waals surface area contributed by atoms with Crippen LogP contribution in [0.5, 0.6) is 5.75 Å². The summed E-state index contributed by atoms with van der Waals surface area (Å²) in [7, 11) is 3.36. The Bertz CT molecular complexity index is 1280. The second-order valence-electron chi connectivity index (χ2n) is 8.04. The van der Waals surface area contributed by atoms with Crippen LogP contribution in [0.15, 0.2) is 29.2 Å². The largest absolute Gasteiger partial charge is 0.502 e. The molecular formula is C22H24F2N6O3S. The first-order valence-electron chi connectivity index (χ1n) is 10.7. The van der Waals surface area contributed by atoms with E-state index in [2.05, 4.69) is 15.5 Å². The molecule has 0 fully saturated rings. The molecule has 0 radical (unpaired) electrons. The van der Waals surface area contributed by atoms with Crippen LogP contribution in [0.1, 0.15) is 27.5 Å². The second kappa shape index (κ2) is 9.85. The summed E-state index contributed by atoms with van der Waals surface area (Å²) in [6, 6.07) is 3.28. The molecule has 0 saturated heterocycles. The lowest BCUT2D eigenvalue weighted by Crippen LogP contribution is -2.41. The van der Waals surface area contributed by atoms with Gasteiger partial charge in [-0.2, -0.15) is 0 Å². The third kappa shape index (κ3) is 4.77. The molecule has 180 valence electrons. The van der Waals surface area contributed by atoms with Crippen molar-refractivity contribution in [2.45, 2.75) is 12.8 Å². The summed E-state index contributed by atoms with van der Waals surface area (Å²) in [5.74, 6) is -2.52. The van der Waals surface area contributed by atoms with Gasteiger partial charge in [0.2, 0.25) is 5.43 Å². The van der Waals surface area contributed by atoms with Gasteiger partial charge in [-0.25, -0.2) is 8.78 Å². The maximum Gasteiger partial charge on any atom is 0.276 e. The van der Waals surface area contributed by atoms with Crippen LogP contribution >= 0.6 is 11.3 Å². The van der Waals surface area contributed by atoms with Gasteiger partial charge < -0.3 is 20.3 Å². The topological polar surface area (TPSA) is 104 Å². The van der Waals surface area contributed by atoms with E-state index >= 15 is 0 Å². The molecule has 12 heteroatoms. The predicted molar refractivity (Wildman–Crippen MR) is 124 cm³/mol. The van der Waals surface area contributed by atoms with Crippen molar-refractivity contribution in [2.75, 3.05) is 45.3 Å². The molecule has 1 aliphatic rings. The number of likely N-dealkylation sites (N-methyl/N-ethyl adjacent to an activating group) is 1. The summed E-state index contributed by atoms with van der Waals surface area (Å²) in [6.45, 7) is 2.35. The molecule has 2 N–H and O–H groups in total. The van der Waals surface area contributed by atoms with Crippen molar-refractivity contribution in [2.24, 2.45) is 0 Å². The lowest BCUT2D eigenvalue weighted by molar-refractivity contribution is 0.0778. The molecule has 3 heterocycles. The number of hydrogen-bond acceptors (Lipinski definition) is 8. The van der Waals surface area contributed by atoms with Gasteiger partial charge in [0.25, 0.3) is 5.91 Å². The van der Waals surface area contributed by atoms with E-state index in [9.17, 15) is 23.5 Å². The van der Waals surface area contributed by atoms with Crippen LogP contribution < -0.4 is 15.8 Å². The third-order valence-electron chi connectivity index (χ3n) is 5.59.